The molecular weight excluding hydrogens is 402 g/mol. The molecule has 0 unspecified atom stereocenters. The third-order valence-corrected chi connectivity index (χ3v) is 6.79. The quantitative estimate of drug-likeness (QED) is 0.516. The van der Waals surface area contributed by atoms with E-state index < -0.39 is 6.09 Å². The van der Waals surface area contributed by atoms with E-state index in [4.69, 9.17) is 15.5 Å². The summed E-state index contributed by atoms with van der Waals surface area (Å²) < 4.78 is 8.59. The SMILES string of the molecule is COc1cc(C)cc2cc(-c3nc([C@H]4CCN(C(=O)O)C4)n4ccnc(N)c34)sc12. The molecule has 0 aliphatic carbocycles. The lowest BCUT2D eigenvalue weighted by Crippen LogP contribution is -2.26. The number of nitrogens with two attached hydrogens (primary N) is 1. The van der Waals surface area contributed by atoms with Crippen LogP contribution in [-0.2, 0) is 0 Å². The van der Waals surface area contributed by atoms with Crippen molar-refractivity contribution in [3.63, 3.8) is 0 Å². The Morgan fingerprint density at radius 3 is 2.93 bits per heavy atom. The highest BCUT2D eigenvalue weighted by atomic mass is 32.1. The zero-order chi connectivity index (χ0) is 21.0. The second-order valence-corrected chi connectivity index (χ2v) is 8.61. The number of likely N-dealkylation sites (tertiary alicyclic amines) is 1. The second kappa shape index (κ2) is 6.88. The van der Waals surface area contributed by atoms with Gasteiger partial charge in [0.2, 0.25) is 0 Å². The minimum absolute atomic E-state index is 0.00955. The molecule has 0 saturated carbocycles. The first-order valence-electron chi connectivity index (χ1n) is 9.65. The third kappa shape index (κ3) is 2.85. The molecule has 1 fully saturated rings. The summed E-state index contributed by atoms with van der Waals surface area (Å²) in [5, 5.41) is 10.4. The maximum atomic E-state index is 11.4. The van der Waals surface area contributed by atoms with E-state index in [1.54, 1.807) is 24.6 Å². The van der Waals surface area contributed by atoms with E-state index >= 15 is 0 Å². The van der Waals surface area contributed by atoms with Gasteiger partial charge in [0.05, 0.1) is 16.7 Å². The van der Waals surface area contributed by atoms with Crippen LogP contribution in [0, 0.1) is 6.92 Å². The number of aryl methyl sites for hydroxylation is 1. The zero-order valence-electron chi connectivity index (χ0n) is 16.6. The van der Waals surface area contributed by atoms with Crippen LogP contribution < -0.4 is 10.5 Å². The number of nitrogen functional groups attached to an aromatic ring is 1. The van der Waals surface area contributed by atoms with Crippen LogP contribution >= 0.6 is 11.3 Å². The Hall–Kier alpha value is -3.33. The Kier molecular flexibility index (Phi) is 4.28. The van der Waals surface area contributed by atoms with Crippen LogP contribution in [0.1, 0.15) is 23.7 Å². The molecule has 9 heteroatoms. The second-order valence-electron chi connectivity index (χ2n) is 7.56. The topological polar surface area (TPSA) is 106 Å². The van der Waals surface area contributed by atoms with Crippen LogP contribution in [0.5, 0.6) is 5.75 Å². The molecule has 4 heterocycles. The number of carbonyl (C=O) groups is 1. The van der Waals surface area contributed by atoms with Crippen molar-refractivity contribution in [2.75, 3.05) is 25.9 Å². The van der Waals surface area contributed by atoms with E-state index in [2.05, 4.69) is 17.1 Å². The number of ether oxygens (including phenoxy) is 1. The molecule has 1 aliphatic heterocycles. The standard InChI is InChI=1S/C21H21N5O3S/c1-11-7-13-9-15(30-18(13)14(8-11)29-2)16-17-19(22)23-4-6-26(17)20(24-16)12-3-5-25(10-12)21(27)28/h4,6-9,12H,3,5,10H2,1-2H3,(H2,22,23)(H,27,28)/t12-/m0/s1. The van der Waals surface area contributed by atoms with Gasteiger partial charge in [-0.05, 0) is 36.4 Å². The van der Waals surface area contributed by atoms with Gasteiger partial charge in [0, 0.05) is 31.4 Å². The summed E-state index contributed by atoms with van der Waals surface area (Å²) in [5.41, 5.74) is 8.91. The number of anilines is 1. The first-order valence-corrected chi connectivity index (χ1v) is 10.5. The van der Waals surface area contributed by atoms with Gasteiger partial charge >= 0.3 is 6.09 Å². The average Bonchev–Trinajstić information content (AvgIpc) is 3.43. The summed E-state index contributed by atoms with van der Waals surface area (Å²) >= 11 is 1.61. The summed E-state index contributed by atoms with van der Waals surface area (Å²) in [6.45, 7) is 2.97. The van der Waals surface area contributed by atoms with Crippen LogP contribution in [0.15, 0.2) is 30.6 Å². The molecule has 154 valence electrons. The van der Waals surface area contributed by atoms with E-state index in [9.17, 15) is 9.90 Å². The van der Waals surface area contributed by atoms with E-state index in [0.29, 0.717) is 18.9 Å². The summed E-state index contributed by atoms with van der Waals surface area (Å²) in [4.78, 5) is 23.0. The molecule has 4 aromatic rings. The smallest absolute Gasteiger partial charge is 0.407 e. The number of nitrogens with zero attached hydrogens (tertiary/aromatic N) is 4. The molecule has 1 aliphatic rings. The van der Waals surface area contributed by atoms with Gasteiger partial charge in [-0.25, -0.2) is 14.8 Å². The molecule has 0 bridgehead atoms. The van der Waals surface area contributed by atoms with Gasteiger partial charge in [-0.2, -0.15) is 0 Å². The van der Waals surface area contributed by atoms with Crippen LogP contribution in [0.4, 0.5) is 10.6 Å². The number of imidazole rings is 1. The van der Waals surface area contributed by atoms with Gasteiger partial charge in [-0.3, -0.25) is 4.40 Å². The normalized spacial score (nSPS) is 16.6. The first kappa shape index (κ1) is 18.7. The summed E-state index contributed by atoms with van der Waals surface area (Å²) in [6.07, 6.45) is 3.33. The van der Waals surface area contributed by atoms with Crippen molar-refractivity contribution in [3.8, 4) is 16.3 Å². The largest absolute Gasteiger partial charge is 0.495 e. The Bertz CT molecular complexity index is 1300. The number of hydrogen-bond donors (Lipinski definition) is 2. The molecule has 8 nitrogen and oxygen atoms in total. The number of carboxylic acid groups (broad SMARTS) is 1. The first-order chi connectivity index (χ1) is 14.5. The van der Waals surface area contributed by atoms with Crippen LogP contribution in [0.3, 0.4) is 0 Å². The van der Waals surface area contributed by atoms with Crippen molar-refractivity contribution in [1.29, 1.82) is 0 Å². The predicted molar refractivity (Wildman–Crippen MR) is 116 cm³/mol. The molecule has 3 N–H and O–H groups in total. The maximum Gasteiger partial charge on any atom is 0.407 e. The number of aromatic nitrogens is 3. The molecule has 1 atom stereocenters. The number of methoxy groups -OCH3 is 1. The highest BCUT2D eigenvalue weighted by Crippen LogP contribution is 2.42. The van der Waals surface area contributed by atoms with Crippen molar-refractivity contribution in [2.45, 2.75) is 19.3 Å². The summed E-state index contributed by atoms with van der Waals surface area (Å²) in [7, 11) is 1.67. The maximum absolute atomic E-state index is 11.4. The molecule has 1 saturated heterocycles. The number of rotatable bonds is 3. The number of benzene rings is 1. The Morgan fingerprint density at radius 1 is 1.37 bits per heavy atom. The molecule has 3 aromatic heterocycles. The molecule has 30 heavy (non-hydrogen) atoms. The van der Waals surface area contributed by atoms with Crippen LogP contribution in [0.2, 0.25) is 0 Å². The van der Waals surface area contributed by atoms with Crippen LogP contribution in [0.25, 0.3) is 26.2 Å². The number of thiophene rings is 1. The zero-order valence-corrected chi connectivity index (χ0v) is 17.4. The number of fused-ring (bicyclic) bond motifs is 2. The van der Waals surface area contributed by atoms with Crippen molar-refractivity contribution < 1.29 is 14.6 Å². The summed E-state index contributed by atoms with van der Waals surface area (Å²) in [6, 6.07) is 6.25. The highest BCUT2D eigenvalue weighted by molar-refractivity contribution is 7.22. The molecule has 5 rings (SSSR count). The predicted octanol–water partition coefficient (Wildman–Crippen LogP) is 3.98. The molecule has 0 spiro atoms. The van der Waals surface area contributed by atoms with E-state index in [-0.39, 0.29) is 5.92 Å². The van der Waals surface area contributed by atoms with Crippen molar-refractivity contribution in [3.05, 3.63) is 42.0 Å². The van der Waals surface area contributed by atoms with Crippen molar-refractivity contribution in [2.24, 2.45) is 0 Å². The van der Waals surface area contributed by atoms with Gasteiger partial charge in [0.25, 0.3) is 0 Å². The van der Waals surface area contributed by atoms with E-state index in [1.165, 1.54) is 4.90 Å². The molecule has 1 amide bonds. The number of hydrogen-bond acceptors (Lipinski definition) is 6. The van der Waals surface area contributed by atoms with E-state index in [1.807, 2.05) is 23.6 Å². The van der Waals surface area contributed by atoms with Crippen molar-refractivity contribution >= 4 is 38.9 Å². The van der Waals surface area contributed by atoms with Crippen LogP contribution in [-0.4, -0.2) is 50.7 Å². The Balaban J connectivity index is 1.69. The van der Waals surface area contributed by atoms with Gasteiger partial charge < -0.3 is 20.5 Å². The minimum Gasteiger partial charge on any atom is -0.495 e. The van der Waals surface area contributed by atoms with Gasteiger partial charge in [-0.15, -0.1) is 11.3 Å². The van der Waals surface area contributed by atoms with Gasteiger partial charge in [-0.1, -0.05) is 6.07 Å². The minimum atomic E-state index is -0.897. The van der Waals surface area contributed by atoms with Gasteiger partial charge in [0.15, 0.2) is 0 Å². The Labute approximate surface area is 176 Å². The lowest BCUT2D eigenvalue weighted by Gasteiger charge is -2.11. The Morgan fingerprint density at radius 2 is 2.20 bits per heavy atom. The average molecular weight is 423 g/mol. The van der Waals surface area contributed by atoms with Gasteiger partial charge in [0.1, 0.15) is 28.6 Å². The highest BCUT2D eigenvalue weighted by Gasteiger charge is 2.31. The lowest BCUT2D eigenvalue weighted by atomic mass is 10.1. The molecular formula is C21H21N5O3S. The molecule has 1 aromatic carbocycles. The fourth-order valence-electron chi connectivity index (χ4n) is 4.22. The molecule has 0 radical (unpaired) electrons. The third-order valence-electron chi connectivity index (χ3n) is 5.61. The fraction of sp³-hybridized carbons (Fsp3) is 0.286. The summed E-state index contributed by atoms with van der Waals surface area (Å²) in [5.74, 6) is 2.07. The van der Waals surface area contributed by atoms with Crippen molar-refractivity contribution in [1.82, 2.24) is 19.3 Å². The lowest BCUT2D eigenvalue weighted by molar-refractivity contribution is 0.155. The van der Waals surface area contributed by atoms with E-state index in [0.717, 1.165) is 49.7 Å². The number of amides is 1. The monoisotopic (exact) mass is 423 g/mol. The fourth-order valence-corrected chi connectivity index (χ4v) is 5.35.